The Hall–Kier alpha value is -1.53. The molecule has 0 aromatic carbocycles. The first-order valence-electron chi connectivity index (χ1n) is 7.56. The Labute approximate surface area is 120 Å². The number of rotatable bonds is 2. The second-order valence-electron chi connectivity index (χ2n) is 6.10. The molecular weight excluding hydrogens is 248 g/mol. The van der Waals surface area contributed by atoms with Crippen LogP contribution in [0.4, 0.5) is 0 Å². The van der Waals surface area contributed by atoms with Crippen LogP contribution >= 0.6 is 0 Å². The third-order valence-corrected chi connectivity index (χ3v) is 4.95. The molecule has 1 N–H and O–H groups in total. The van der Waals surface area contributed by atoms with Gasteiger partial charge in [0, 0.05) is 29.4 Å². The number of carbonyl (C=O) groups excluding carboxylic acids is 1. The van der Waals surface area contributed by atoms with Crippen LogP contribution in [0.15, 0.2) is 0 Å². The molecule has 2 unspecified atom stereocenters. The van der Waals surface area contributed by atoms with Gasteiger partial charge in [-0.25, -0.2) is 0 Å². The first-order valence-corrected chi connectivity index (χ1v) is 7.56. The maximum atomic E-state index is 12.9. The summed E-state index contributed by atoms with van der Waals surface area (Å²) in [5.74, 6) is 3.68. The Morgan fingerprint density at radius 2 is 2.30 bits per heavy atom. The van der Waals surface area contributed by atoms with Gasteiger partial charge in [-0.3, -0.25) is 9.69 Å². The Balaban J connectivity index is 1.93. The third-order valence-electron chi connectivity index (χ3n) is 4.95. The van der Waals surface area contributed by atoms with E-state index in [0.29, 0.717) is 18.2 Å². The molecule has 1 aliphatic carbocycles. The second-order valence-corrected chi connectivity index (χ2v) is 6.10. The summed E-state index contributed by atoms with van der Waals surface area (Å²) in [5.41, 5.74) is 4.56. The standard InChI is InChI=1S/C17H22N2O/c1-4-7-19-8-6-12-9-15-16(17(20)14(12)10-19)13(5-2)11(3)18-15/h1,12,14,18H,5-10H2,2-3H3. The van der Waals surface area contributed by atoms with E-state index in [-0.39, 0.29) is 5.92 Å². The molecule has 0 spiro atoms. The maximum absolute atomic E-state index is 12.9. The highest BCUT2D eigenvalue weighted by molar-refractivity contribution is 6.02. The van der Waals surface area contributed by atoms with Crippen molar-refractivity contribution < 1.29 is 4.79 Å². The van der Waals surface area contributed by atoms with Crippen molar-refractivity contribution in [2.75, 3.05) is 19.6 Å². The number of aromatic nitrogens is 1. The zero-order valence-corrected chi connectivity index (χ0v) is 12.3. The largest absolute Gasteiger partial charge is 0.362 e. The van der Waals surface area contributed by atoms with Crippen LogP contribution in [0.2, 0.25) is 0 Å². The fourth-order valence-electron chi connectivity index (χ4n) is 3.96. The van der Waals surface area contributed by atoms with Gasteiger partial charge in [0.05, 0.1) is 6.54 Å². The van der Waals surface area contributed by atoms with Gasteiger partial charge in [-0.15, -0.1) is 6.42 Å². The van der Waals surface area contributed by atoms with Gasteiger partial charge in [0.25, 0.3) is 0 Å². The number of Topliss-reactive ketones (excluding diaryl/α,β-unsaturated/α-hetero) is 1. The summed E-state index contributed by atoms with van der Waals surface area (Å²) >= 11 is 0. The van der Waals surface area contributed by atoms with Crippen LogP contribution in [0.3, 0.4) is 0 Å². The number of aromatic amines is 1. The van der Waals surface area contributed by atoms with Crippen LogP contribution in [0.25, 0.3) is 0 Å². The number of hydrogen-bond donors (Lipinski definition) is 1. The minimum Gasteiger partial charge on any atom is -0.362 e. The van der Waals surface area contributed by atoms with Crippen molar-refractivity contribution in [2.24, 2.45) is 11.8 Å². The molecule has 1 fully saturated rings. The Morgan fingerprint density at radius 3 is 3.00 bits per heavy atom. The SMILES string of the molecule is C#CCN1CCC2Cc3[nH]c(C)c(CC)c3C(=O)C2C1. The monoisotopic (exact) mass is 270 g/mol. The molecule has 1 saturated heterocycles. The van der Waals surface area contributed by atoms with Crippen LogP contribution in [0, 0.1) is 31.1 Å². The number of hydrogen-bond acceptors (Lipinski definition) is 2. The highest BCUT2D eigenvalue weighted by Gasteiger charge is 2.41. The lowest BCUT2D eigenvalue weighted by atomic mass is 9.72. The van der Waals surface area contributed by atoms with Crippen molar-refractivity contribution in [1.29, 1.82) is 0 Å². The van der Waals surface area contributed by atoms with Crippen molar-refractivity contribution >= 4 is 5.78 Å². The quantitative estimate of drug-likeness (QED) is 0.836. The lowest BCUT2D eigenvalue weighted by molar-refractivity contribution is 0.0685. The van der Waals surface area contributed by atoms with Gasteiger partial charge >= 0.3 is 0 Å². The Bertz CT molecular complexity index is 579. The Kier molecular flexibility index (Phi) is 3.43. The summed E-state index contributed by atoms with van der Waals surface area (Å²) in [5, 5.41) is 0. The van der Waals surface area contributed by atoms with E-state index in [9.17, 15) is 4.79 Å². The summed E-state index contributed by atoms with van der Waals surface area (Å²) in [6, 6.07) is 0. The lowest BCUT2D eigenvalue weighted by Gasteiger charge is -2.39. The van der Waals surface area contributed by atoms with Crippen molar-refractivity contribution in [3.63, 3.8) is 0 Å². The van der Waals surface area contributed by atoms with E-state index in [1.807, 2.05) is 0 Å². The molecule has 1 aromatic heterocycles. The number of H-pyrrole nitrogens is 1. The molecule has 20 heavy (non-hydrogen) atoms. The number of carbonyl (C=O) groups is 1. The van der Waals surface area contributed by atoms with Crippen molar-refractivity contribution in [3.8, 4) is 12.3 Å². The number of aryl methyl sites for hydroxylation is 1. The summed E-state index contributed by atoms with van der Waals surface area (Å²) in [7, 11) is 0. The van der Waals surface area contributed by atoms with Crippen LogP contribution < -0.4 is 0 Å². The number of likely N-dealkylation sites (tertiary alicyclic amines) is 1. The predicted molar refractivity (Wildman–Crippen MR) is 79.8 cm³/mol. The molecule has 2 atom stereocenters. The first kappa shape index (κ1) is 13.5. The fraction of sp³-hybridized carbons (Fsp3) is 0.588. The van der Waals surface area contributed by atoms with E-state index in [0.717, 1.165) is 37.9 Å². The predicted octanol–water partition coefficient (Wildman–Crippen LogP) is 2.20. The van der Waals surface area contributed by atoms with Crippen molar-refractivity contribution in [1.82, 2.24) is 9.88 Å². The molecule has 3 rings (SSSR count). The summed E-state index contributed by atoms with van der Waals surface area (Å²) in [4.78, 5) is 18.6. The van der Waals surface area contributed by atoms with Crippen LogP contribution in [0.1, 0.15) is 40.7 Å². The van der Waals surface area contributed by atoms with E-state index in [4.69, 9.17) is 6.42 Å². The van der Waals surface area contributed by atoms with Gasteiger partial charge in [-0.1, -0.05) is 12.8 Å². The average molecular weight is 270 g/mol. The maximum Gasteiger partial charge on any atom is 0.169 e. The molecule has 1 aliphatic heterocycles. The minimum atomic E-state index is 0.144. The minimum absolute atomic E-state index is 0.144. The van der Waals surface area contributed by atoms with E-state index in [2.05, 4.69) is 29.7 Å². The average Bonchev–Trinajstić information content (AvgIpc) is 2.75. The molecule has 1 aromatic rings. The lowest BCUT2D eigenvalue weighted by Crippen LogP contribution is -2.46. The molecular formula is C17H22N2O. The number of nitrogens with one attached hydrogen (secondary N) is 1. The van der Waals surface area contributed by atoms with Gasteiger partial charge in [0.1, 0.15) is 0 Å². The van der Waals surface area contributed by atoms with Crippen molar-refractivity contribution in [3.05, 3.63) is 22.5 Å². The zero-order chi connectivity index (χ0) is 14.3. The van der Waals surface area contributed by atoms with E-state index in [1.165, 1.54) is 17.0 Å². The van der Waals surface area contributed by atoms with E-state index in [1.54, 1.807) is 0 Å². The number of terminal acetylenes is 1. The van der Waals surface area contributed by atoms with Crippen LogP contribution in [0.5, 0.6) is 0 Å². The van der Waals surface area contributed by atoms with Gasteiger partial charge in [-0.2, -0.15) is 0 Å². The topological polar surface area (TPSA) is 36.1 Å². The van der Waals surface area contributed by atoms with Gasteiger partial charge < -0.3 is 4.98 Å². The molecule has 0 saturated carbocycles. The number of piperidine rings is 1. The molecule has 2 heterocycles. The molecule has 0 radical (unpaired) electrons. The second kappa shape index (κ2) is 5.10. The van der Waals surface area contributed by atoms with Gasteiger partial charge in [0.15, 0.2) is 5.78 Å². The normalized spacial score (nSPS) is 25.9. The fourth-order valence-corrected chi connectivity index (χ4v) is 3.96. The molecule has 3 nitrogen and oxygen atoms in total. The molecule has 3 heteroatoms. The Morgan fingerprint density at radius 1 is 1.50 bits per heavy atom. The smallest absolute Gasteiger partial charge is 0.169 e. The summed E-state index contributed by atoms with van der Waals surface area (Å²) in [6.45, 7) is 6.73. The molecule has 0 bridgehead atoms. The van der Waals surface area contributed by atoms with Crippen molar-refractivity contribution in [2.45, 2.75) is 33.1 Å². The number of ketones is 1. The zero-order valence-electron chi connectivity index (χ0n) is 12.3. The van der Waals surface area contributed by atoms with Gasteiger partial charge in [0.2, 0.25) is 0 Å². The van der Waals surface area contributed by atoms with E-state index < -0.39 is 0 Å². The first-order chi connectivity index (χ1) is 9.65. The van der Waals surface area contributed by atoms with E-state index >= 15 is 0 Å². The molecule has 0 amide bonds. The number of fused-ring (bicyclic) bond motifs is 2. The number of nitrogens with zero attached hydrogens (tertiary/aromatic N) is 1. The highest BCUT2D eigenvalue weighted by Crippen LogP contribution is 2.37. The summed E-state index contributed by atoms with van der Waals surface area (Å²) in [6.07, 6.45) is 8.44. The van der Waals surface area contributed by atoms with Crippen LogP contribution in [-0.4, -0.2) is 35.3 Å². The highest BCUT2D eigenvalue weighted by atomic mass is 16.1. The third kappa shape index (κ3) is 1.99. The van der Waals surface area contributed by atoms with Crippen LogP contribution in [-0.2, 0) is 12.8 Å². The molecule has 106 valence electrons. The van der Waals surface area contributed by atoms with Gasteiger partial charge in [-0.05, 0) is 44.2 Å². The summed E-state index contributed by atoms with van der Waals surface area (Å²) < 4.78 is 0. The molecule has 2 aliphatic rings.